The van der Waals surface area contributed by atoms with E-state index in [-0.39, 0.29) is 35.3 Å². The molecule has 136 valence electrons. The van der Waals surface area contributed by atoms with Crippen molar-refractivity contribution in [3.8, 4) is 0 Å². The van der Waals surface area contributed by atoms with E-state index in [0.717, 1.165) is 18.4 Å². The topological polar surface area (TPSA) is 58.5 Å². The molecule has 2 aliphatic heterocycles. The summed E-state index contributed by atoms with van der Waals surface area (Å²) in [7, 11) is 0. The first-order valence-electron chi connectivity index (χ1n) is 9.13. The van der Waals surface area contributed by atoms with Gasteiger partial charge in [0.25, 0.3) is 0 Å². The molecule has 1 fully saturated rings. The fourth-order valence-corrected chi connectivity index (χ4v) is 3.62. The zero-order valence-corrected chi connectivity index (χ0v) is 15.4. The Labute approximate surface area is 148 Å². The van der Waals surface area contributed by atoms with Gasteiger partial charge in [0.15, 0.2) is 0 Å². The lowest BCUT2D eigenvalue weighted by Gasteiger charge is -2.40. The lowest BCUT2D eigenvalue weighted by atomic mass is 9.68. The predicted molar refractivity (Wildman–Crippen MR) is 97.0 cm³/mol. The summed E-state index contributed by atoms with van der Waals surface area (Å²) in [5.41, 5.74) is 0.833. The molecule has 1 N–H and O–H groups in total. The molecule has 3 rings (SSSR count). The van der Waals surface area contributed by atoms with Crippen LogP contribution in [-0.4, -0.2) is 24.1 Å². The molecule has 4 nitrogen and oxygen atoms in total. The van der Waals surface area contributed by atoms with Gasteiger partial charge in [-0.15, -0.1) is 0 Å². The summed E-state index contributed by atoms with van der Waals surface area (Å²) in [5, 5.41) is 2.83. The number of nitrogens with zero attached hydrogens (tertiary/aromatic N) is 1. The number of halogens is 1. The predicted octanol–water partition coefficient (Wildman–Crippen LogP) is 3.72. The van der Waals surface area contributed by atoms with Gasteiger partial charge >= 0.3 is 0 Å². The fraction of sp³-hybridized carbons (Fsp3) is 0.550. The summed E-state index contributed by atoms with van der Waals surface area (Å²) < 4.78 is 13.3. The summed E-state index contributed by atoms with van der Waals surface area (Å²) in [5.74, 6) is -1.20. The van der Waals surface area contributed by atoms with Crippen LogP contribution in [0, 0.1) is 23.6 Å². The number of piperidine rings is 1. The van der Waals surface area contributed by atoms with E-state index in [1.54, 1.807) is 12.1 Å². The average Bonchev–Trinajstić information content (AvgIpc) is 2.62. The van der Waals surface area contributed by atoms with Gasteiger partial charge in [-0.25, -0.2) is 4.39 Å². The van der Waals surface area contributed by atoms with Crippen molar-refractivity contribution in [1.82, 2.24) is 5.32 Å². The van der Waals surface area contributed by atoms with Crippen LogP contribution < -0.4 is 5.32 Å². The molecular weight excluding hydrogens is 319 g/mol. The highest BCUT2D eigenvalue weighted by Crippen LogP contribution is 2.41. The van der Waals surface area contributed by atoms with Crippen LogP contribution >= 0.6 is 0 Å². The van der Waals surface area contributed by atoms with E-state index in [2.05, 4.69) is 10.3 Å². The molecule has 2 aliphatic rings. The number of amidine groups is 1. The minimum absolute atomic E-state index is 0.0135. The van der Waals surface area contributed by atoms with E-state index in [9.17, 15) is 14.0 Å². The second kappa shape index (κ2) is 8.37. The first-order valence-corrected chi connectivity index (χ1v) is 9.13. The monoisotopic (exact) mass is 346 g/mol. The van der Waals surface area contributed by atoms with E-state index >= 15 is 0 Å². The first-order chi connectivity index (χ1) is 12.0. The van der Waals surface area contributed by atoms with E-state index in [0.29, 0.717) is 12.4 Å². The van der Waals surface area contributed by atoms with Crippen molar-refractivity contribution in [2.45, 2.75) is 46.5 Å². The summed E-state index contributed by atoms with van der Waals surface area (Å²) >= 11 is 0. The molecule has 0 spiro atoms. The Balaban J connectivity index is 0.00000109. The molecule has 3 unspecified atom stereocenters. The number of carbonyl (C=O) groups excluding carboxylic acids is 2. The minimum atomic E-state index is -0.734. The fourth-order valence-electron chi connectivity index (χ4n) is 3.62. The van der Waals surface area contributed by atoms with Crippen molar-refractivity contribution >= 4 is 17.5 Å². The van der Waals surface area contributed by atoms with Crippen molar-refractivity contribution in [3.05, 3.63) is 35.6 Å². The van der Waals surface area contributed by atoms with Crippen LogP contribution in [0.25, 0.3) is 0 Å². The third kappa shape index (κ3) is 3.97. The molecule has 3 atom stereocenters. The number of benzene rings is 1. The minimum Gasteiger partial charge on any atom is -0.314 e. The van der Waals surface area contributed by atoms with Crippen LogP contribution in [0.3, 0.4) is 0 Å². The second-order valence-corrected chi connectivity index (χ2v) is 6.62. The van der Waals surface area contributed by atoms with Crippen LogP contribution in [0.1, 0.15) is 52.0 Å². The number of Topliss-reactive ketones (excluding diaryl/α,β-unsaturated/α-hetero) is 1. The third-order valence-electron chi connectivity index (χ3n) is 4.76. The van der Waals surface area contributed by atoms with Crippen LogP contribution in [0.4, 0.5) is 4.39 Å². The summed E-state index contributed by atoms with van der Waals surface area (Å²) in [6, 6.07) is 6.15. The number of hydrogen-bond donors (Lipinski definition) is 1. The van der Waals surface area contributed by atoms with Gasteiger partial charge in [-0.3, -0.25) is 14.6 Å². The molecule has 1 aromatic rings. The Morgan fingerprint density at radius 1 is 1.24 bits per heavy atom. The van der Waals surface area contributed by atoms with Gasteiger partial charge in [0.1, 0.15) is 23.4 Å². The number of fused-ring (bicyclic) bond motifs is 1. The zero-order chi connectivity index (χ0) is 18.6. The van der Waals surface area contributed by atoms with E-state index in [1.807, 2.05) is 27.7 Å². The first kappa shape index (κ1) is 19.3. The molecule has 1 aromatic carbocycles. The molecule has 1 amide bonds. The maximum atomic E-state index is 13.3. The molecular formula is C20H27FN2O2. The van der Waals surface area contributed by atoms with Crippen molar-refractivity contribution in [2.75, 3.05) is 6.54 Å². The highest BCUT2D eigenvalue weighted by atomic mass is 19.1. The number of carbonyl (C=O) groups is 2. The molecule has 25 heavy (non-hydrogen) atoms. The van der Waals surface area contributed by atoms with Crippen molar-refractivity contribution in [1.29, 1.82) is 0 Å². The number of rotatable bonds is 3. The normalized spacial score (nSPS) is 25.3. The number of hydrogen-bond acceptors (Lipinski definition) is 3. The van der Waals surface area contributed by atoms with Crippen LogP contribution in [-0.2, 0) is 9.59 Å². The summed E-state index contributed by atoms with van der Waals surface area (Å²) in [4.78, 5) is 29.7. The Hall–Kier alpha value is -2.04. The van der Waals surface area contributed by atoms with Crippen molar-refractivity contribution in [2.24, 2.45) is 22.7 Å². The number of nitrogens with one attached hydrogen (secondary N) is 1. The van der Waals surface area contributed by atoms with Crippen LogP contribution in [0.5, 0.6) is 0 Å². The highest BCUT2D eigenvalue weighted by Gasteiger charge is 2.47. The Morgan fingerprint density at radius 3 is 2.48 bits per heavy atom. The largest absolute Gasteiger partial charge is 0.314 e. The van der Waals surface area contributed by atoms with Gasteiger partial charge in [0.05, 0.1) is 0 Å². The van der Waals surface area contributed by atoms with E-state index in [1.165, 1.54) is 12.1 Å². The number of aliphatic imine (C=N–C) groups is 1. The molecule has 0 aliphatic carbocycles. The molecule has 1 saturated heterocycles. The molecule has 0 saturated carbocycles. The second-order valence-electron chi connectivity index (χ2n) is 6.62. The lowest BCUT2D eigenvalue weighted by molar-refractivity contribution is -0.137. The van der Waals surface area contributed by atoms with Crippen molar-refractivity contribution in [3.63, 3.8) is 0 Å². The van der Waals surface area contributed by atoms with Gasteiger partial charge in [0.2, 0.25) is 5.91 Å². The number of ketones is 1. The molecule has 0 aromatic heterocycles. The van der Waals surface area contributed by atoms with Crippen LogP contribution in [0.2, 0.25) is 0 Å². The van der Waals surface area contributed by atoms with Gasteiger partial charge in [0, 0.05) is 24.3 Å². The van der Waals surface area contributed by atoms with Gasteiger partial charge in [-0.05, 0) is 30.5 Å². The summed E-state index contributed by atoms with van der Waals surface area (Å²) in [6.07, 6.45) is 1.81. The quantitative estimate of drug-likeness (QED) is 0.848. The summed E-state index contributed by atoms with van der Waals surface area (Å²) in [6.45, 7) is 8.31. The molecule has 0 bridgehead atoms. The standard InChI is InChI=1S/C18H21FN2O2.C2H6/c1-10(2)16(22)15-14(11-5-7-12(19)8-6-11)13-4-3-9-20-17(13)21-18(15)23;1-2/h5-8,10,13-15H,3-4,9H2,1-2H3,(H,20,21,23);1-2H3. The molecule has 2 heterocycles. The third-order valence-corrected chi connectivity index (χ3v) is 4.76. The Morgan fingerprint density at radius 2 is 1.88 bits per heavy atom. The Bertz CT molecular complexity index is 652. The SMILES string of the molecule is CC.CC(C)C(=O)C1C(=O)NC2=NCCCC2C1c1ccc(F)cc1. The van der Waals surface area contributed by atoms with Gasteiger partial charge < -0.3 is 5.32 Å². The molecule has 5 heteroatoms. The highest BCUT2D eigenvalue weighted by molar-refractivity contribution is 6.13. The van der Waals surface area contributed by atoms with E-state index in [4.69, 9.17) is 0 Å². The number of amides is 1. The van der Waals surface area contributed by atoms with E-state index < -0.39 is 5.92 Å². The maximum absolute atomic E-state index is 13.3. The van der Waals surface area contributed by atoms with Crippen molar-refractivity contribution < 1.29 is 14.0 Å². The van der Waals surface area contributed by atoms with Gasteiger partial charge in [-0.1, -0.05) is 39.8 Å². The maximum Gasteiger partial charge on any atom is 0.236 e. The smallest absolute Gasteiger partial charge is 0.236 e. The van der Waals surface area contributed by atoms with Gasteiger partial charge in [-0.2, -0.15) is 0 Å². The lowest BCUT2D eigenvalue weighted by Crippen LogP contribution is -2.54. The molecule has 0 radical (unpaired) electrons. The Kier molecular flexibility index (Phi) is 6.45. The zero-order valence-electron chi connectivity index (χ0n) is 15.4. The average molecular weight is 346 g/mol. The van der Waals surface area contributed by atoms with Crippen LogP contribution in [0.15, 0.2) is 29.3 Å².